The lowest BCUT2D eigenvalue weighted by molar-refractivity contribution is 0.0603. The van der Waals surface area contributed by atoms with Gasteiger partial charge in [-0.3, -0.25) is 0 Å². The molecule has 0 radical (unpaired) electrons. The molecule has 4 rings (SSSR count). The fourth-order valence-electron chi connectivity index (χ4n) is 2.80. The maximum absolute atomic E-state index is 10.4. The van der Waals surface area contributed by atoms with Gasteiger partial charge in [-0.15, -0.1) is 0 Å². The monoisotopic (exact) mass is 328 g/mol. The molecule has 1 saturated carbocycles. The Bertz CT molecular complexity index is 893. The Labute approximate surface area is 138 Å². The summed E-state index contributed by atoms with van der Waals surface area (Å²) < 4.78 is 2.11. The summed E-state index contributed by atoms with van der Waals surface area (Å²) in [7, 11) is 0. The first-order chi connectivity index (χ1) is 10.9. The Morgan fingerprint density at radius 1 is 1.30 bits per heavy atom. The lowest BCUT2D eigenvalue weighted by Crippen LogP contribution is -2.26. The molecule has 3 N–H and O–H groups in total. The summed E-state index contributed by atoms with van der Waals surface area (Å²) in [6.45, 7) is 4.11. The van der Waals surface area contributed by atoms with E-state index in [9.17, 15) is 5.11 Å². The van der Waals surface area contributed by atoms with E-state index in [1.807, 2.05) is 38.1 Å². The van der Waals surface area contributed by atoms with Gasteiger partial charge in [0.15, 0.2) is 11.0 Å². The van der Waals surface area contributed by atoms with E-state index >= 15 is 0 Å². The highest BCUT2D eigenvalue weighted by molar-refractivity contribution is 8.00. The molecule has 120 valence electrons. The number of hydrogen-bond donors (Lipinski definition) is 2. The number of aliphatic hydroxyl groups is 1. The van der Waals surface area contributed by atoms with Crippen molar-refractivity contribution in [2.45, 2.75) is 49.2 Å². The first-order valence-corrected chi connectivity index (χ1v) is 8.74. The normalized spacial score (nSPS) is 15.6. The molecule has 1 aliphatic rings. The number of pyridine rings is 1. The minimum Gasteiger partial charge on any atom is -0.389 e. The number of fused-ring (bicyclic) bond motifs is 3. The smallest absolute Gasteiger partial charge is 0.169 e. The van der Waals surface area contributed by atoms with Crippen LogP contribution >= 0.6 is 11.8 Å². The molecule has 0 atom stereocenters. The van der Waals surface area contributed by atoms with Crippen molar-refractivity contribution in [3.05, 3.63) is 24.3 Å². The molecule has 2 heterocycles. The number of benzene rings is 1. The fourth-order valence-corrected chi connectivity index (χ4v) is 3.89. The van der Waals surface area contributed by atoms with Gasteiger partial charge < -0.3 is 15.4 Å². The van der Waals surface area contributed by atoms with Crippen LogP contribution in [0.2, 0.25) is 0 Å². The highest BCUT2D eigenvalue weighted by Gasteiger charge is 2.28. The first kappa shape index (κ1) is 14.8. The van der Waals surface area contributed by atoms with Gasteiger partial charge in [-0.25, -0.2) is 9.97 Å². The standard InChI is InChI=1S/C17H20N4OS/c1-17(2,22)9-21-14-11-5-3-4-6-12(11)19-15(18)13(14)20-16(21)23-10-7-8-10/h3-6,10,22H,7-9H2,1-2H3,(H2,18,19). The second kappa shape index (κ2) is 5.11. The van der Waals surface area contributed by atoms with Gasteiger partial charge in [-0.2, -0.15) is 0 Å². The molecular weight excluding hydrogens is 308 g/mol. The molecule has 0 unspecified atom stereocenters. The van der Waals surface area contributed by atoms with Gasteiger partial charge in [0.05, 0.1) is 23.2 Å². The van der Waals surface area contributed by atoms with E-state index in [2.05, 4.69) is 9.55 Å². The van der Waals surface area contributed by atoms with Crippen LogP contribution in [0, 0.1) is 0 Å². The molecule has 1 aliphatic carbocycles. The van der Waals surface area contributed by atoms with Crippen molar-refractivity contribution in [3.63, 3.8) is 0 Å². The molecule has 0 amide bonds. The average molecular weight is 328 g/mol. The van der Waals surface area contributed by atoms with E-state index in [1.54, 1.807) is 11.8 Å². The number of aromatic nitrogens is 3. The number of para-hydroxylation sites is 1. The van der Waals surface area contributed by atoms with Gasteiger partial charge >= 0.3 is 0 Å². The van der Waals surface area contributed by atoms with Crippen LogP contribution in [0.3, 0.4) is 0 Å². The maximum atomic E-state index is 10.4. The van der Waals surface area contributed by atoms with E-state index in [1.165, 1.54) is 12.8 Å². The molecule has 0 spiro atoms. The van der Waals surface area contributed by atoms with Crippen molar-refractivity contribution in [3.8, 4) is 0 Å². The van der Waals surface area contributed by atoms with Gasteiger partial charge in [-0.05, 0) is 32.8 Å². The minimum absolute atomic E-state index is 0.450. The van der Waals surface area contributed by atoms with Gasteiger partial charge in [-0.1, -0.05) is 30.0 Å². The molecule has 5 nitrogen and oxygen atoms in total. The molecule has 1 fully saturated rings. The summed E-state index contributed by atoms with van der Waals surface area (Å²) >= 11 is 1.78. The van der Waals surface area contributed by atoms with E-state index < -0.39 is 5.60 Å². The Kier molecular flexibility index (Phi) is 3.28. The van der Waals surface area contributed by atoms with Gasteiger partial charge in [0.1, 0.15) is 5.52 Å². The number of thioether (sulfide) groups is 1. The minimum atomic E-state index is -0.828. The number of nitrogens with two attached hydrogens (primary N) is 1. The van der Waals surface area contributed by atoms with E-state index in [4.69, 9.17) is 10.7 Å². The van der Waals surface area contributed by atoms with Crippen molar-refractivity contribution in [2.24, 2.45) is 0 Å². The number of anilines is 1. The topological polar surface area (TPSA) is 77.0 Å². The molecule has 23 heavy (non-hydrogen) atoms. The Balaban J connectivity index is 2.02. The summed E-state index contributed by atoms with van der Waals surface area (Å²) in [5.41, 5.74) is 7.89. The molecular formula is C17H20N4OS. The predicted molar refractivity (Wildman–Crippen MR) is 94.6 cm³/mol. The molecule has 0 saturated heterocycles. The quantitative estimate of drug-likeness (QED) is 0.769. The van der Waals surface area contributed by atoms with Crippen LogP contribution in [0.25, 0.3) is 21.9 Å². The summed E-state index contributed by atoms with van der Waals surface area (Å²) in [6, 6.07) is 7.95. The average Bonchev–Trinajstić information content (AvgIpc) is 3.21. The SMILES string of the molecule is CC(C)(O)Cn1c(SC2CC2)nc2c(N)nc3ccccc3c21. The lowest BCUT2D eigenvalue weighted by atomic mass is 10.1. The van der Waals surface area contributed by atoms with Crippen LogP contribution in [0.1, 0.15) is 26.7 Å². The molecule has 1 aromatic carbocycles. The molecule has 0 bridgehead atoms. The highest BCUT2D eigenvalue weighted by Crippen LogP contribution is 2.41. The number of hydrogen-bond acceptors (Lipinski definition) is 5. The zero-order chi connectivity index (χ0) is 16.2. The number of imidazole rings is 1. The van der Waals surface area contributed by atoms with Crippen molar-refractivity contribution in [2.75, 3.05) is 5.73 Å². The highest BCUT2D eigenvalue weighted by atomic mass is 32.2. The van der Waals surface area contributed by atoms with Crippen LogP contribution in [-0.4, -0.2) is 30.5 Å². The Morgan fingerprint density at radius 3 is 2.74 bits per heavy atom. The van der Waals surface area contributed by atoms with E-state index in [0.29, 0.717) is 17.6 Å². The maximum Gasteiger partial charge on any atom is 0.169 e. The Hall–Kier alpha value is -1.79. The predicted octanol–water partition coefficient (Wildman–Crippen LogP) is 3.19. The lowest BCUT2D eigenvalue weighted by Gasteiger charge is -2.20. The number of nitrogen functional groups attached to an aromatic ring is 1. The van der Waals surface area contributed by atoms with Crippen LogP contribution in [0.4, 0.5) is 5.82 Å². The van der Waals surface area contributed by atoms with Crippen LogP contribution in [0.15, 0.2) is 29.4 Å². The fraction of sp³-hybridized carbons (Fsp3) is 0.412. The first-order valence-electron chi connectivity index (χ1n) is 7.86. The third-order valence-electron chi connectivity index (χ3n) is 3.92. The Morgan fingerprint density at radius 2 is 2.04 bits per heavy atom. The summed E-state index contributed by atoms with van der Waals surface area (Å²) in [5.74, 6) is 0.450. The van der Waals surface area contributed by atoms with Gasteiger partial charge in [0.25, 0.3) is 0 Å². The van der Waals surface area contributed by atoms with Crippen molar-refractivity contribution in [1.29, 1.82) is 0 Å². The van der Waals surface area contributed by atoms with Crippen molar-refractivity contribution >= 4 is 39.5 Å². The van der Waals surface area contributed by atoms with E-state index in [-0.39, 0.29) is 0 Å². The van der Waals surface area contributed by atoms with Crippen LogP contribution in [-0.2, 0) is 6.54 Å². The van der Waals surface area contributed by atoms with Crippen LogP contribution < -0.4 is 5.73 Å². The van der Waals surface area contributed by atoms with Gasteiger partial charge in [0.2, 0.25) is 0 Å². The van der Waals surface area contributed by atoms with Crippen LogP contribution in [0.5, 0.6) is 0 Å². The third kappa shape index (κ3) is 2.77. The third-order valence-corrected chi connectivity index (χ3v) is 5.24. The molecule has 6 heteroatoms. The molecule has 2 aromatic heterocycles. The summed E-state index contributed by atoms with van der Waals surface area (Å²) in [5, 5.41) is 12.9. The number of rotatable bonds is 4. The largest absolute Gasteiger partial charge is 0.389 e. The van der Waals surface area contributed by atoms with Crippen molar-refractivity contribution < 1.29 is 5.11 Å². The number of nitrogens with zero attached hydrogens (tertiary/aromatic N) is 3. The van der Waals surface area contributed by atoms with E-state index in [0.717, 1.165) is 27.1 Å². The zero-order valence-electron chi connectivity index (χ0n) is 13.3. The second-order valence-electron chi connectivity index (χ2n) is 6.82. The molecule has 3 aromatic rings. The second-order valence-corrected chi connectivity index (χ2v) is 8.09. The van der Waals surface area contributed by atoms with Gasteiger partial charge in [0, 0.05) is 10.6 Å². The molecule has 0 aliphatic heterocycles. The summed E-state index contributed by atoms with van der Waals surface area (Å²) in [6.07, 6.45) is 2.45. The van der Waals surface area contributed by atoms with Crippen molar-refractivity contribution in [1.82, 2.24) is 14.5 Å². The summed E-state index contributed by atoms with van der Waals surface area (Å²) in [4.78, 5) is 9.23. The zero-order valence-corrected chi connectivity index (χ0v) is 14.1.